The third kappa shape index (κ3) is 0.939. The molecule has 0 bridgehead atoms. The maximum Gasteiger partial charge on any atom is 0.228 e. The Hall–Kier alpha value is -2.10. The van der Waals surface area contributed by atoms with Crippen LogP contribution in [0.5, 0.6) is 0 Å². The van der Waals surface area contributed by atoms with Crippen molar-refractivity contribution >= 4 is 10.9 Å². The van der Waals surface area contributed by atoms with Crippen LogP contribution in [-0.4, -0.2) is 19.7 Å². The van der Waals surface area contributed by atoms with E-state index in [4.69, 9.17) is 0 Å². The van der Waals surface area contributed by atoms with Gasteiger partial charge in [-0.25, -0.2) is 4.98 Å². The van der Waals surface area contributed by atoms with E-state index in [0.717, 1.165) is 16.9 Å². The minimum atomic E-state index is 0.742. The van der Waals surface area contributed by atoms with Gasteiger partial charge in [0, 0.05) is 17.8 Å². The maximum atomic E-state index is 4.26. The summed E-state index contributed by atoms with van der Waals surface area (Å²) in [5.41, 5.74) is 1.06. The molecule has 0 amide bonds. The highest BCUT2D eigenvalue weighted by molar-refractivity contribution is 5.79. The van der Waals surface area contributed by atoms with Crippen LogP contribution in [0.25, 0.3) is 16.9 Å². The number of H-pyrrole nitrogens is 1. The molecule has 14 heavy (non-hydrogen) atoms. The highest BCUT2D eigenvalue weighted by Crippen LogP contribution is 2.14. The van der Waals surface area contributed by atoms with Crippen LogP contribution in [0.2, 0.25) is 0 Å². The summed E-state index contributed by atoms with van der Waals surface area (Å²) in [4.78, 5) is 7.17. The monoisotopic (exact) mass is 184 g/mol. The highest BCUT2D eigenvalue weighted by atomic mass is 15.3. The number of hydrogen-bond acceptors (Lipinski definition) is 2. The largest absolute Gasteiger partial charge is 0.329 e. The Bertz CT molecular complexity index is 550. The molecule has 3 aromatic rings. The van der Waals surface area contributed by atoms with E-state index in [1.165, 1.54) is 0 Å². The Morgan fingerprint density at radius 1 is 1.21 bits per heavy atom. The second kappa shape index (κ2) is 2.70. The summed E-state index contributed by atoms with van der Waals surface area (Å²) in [5.74, 6) is 0.742. The Labute approximate surface area is 80.2 Å². The molecule has 0 fully saturated rings. The number of fused-ring (bicyclic) bond motifs is 1. The molecule has 1 aromatic carbocycles. The second-order valence-corrected chi connectivity index (χ2v) is 3.03. The van der Waals surface area contributed by atoms with Crippen LogP contribution in [-0.2, 0) is 0 Å². The van der Waals surface area contributed by atoms with Crippen molar-refractivity contribution in [1.82, 2.24) is 19.7 Å². The van der Waals surface area contributed by atoms with Gasteiger partial charge in [-0.3, -0.25) is 0 Å². The zero-order valence-corrected chi connectivity index (χ0v) is 7.38. The van der Waals surface area contributed by atoms with Crippen LogP contribution in [0.3, 0.4) is 0 Å². The van der Waals surface area contributed by atoms with Gasteiger partial charge < -0.3 is 4.98 Å². The molecule has 0 atom stereocenters. The lowest BCUT2D eigenvalue weighted by Gasteiger charge is -1.96. The van der Waals surface area contributed by atoms with Crippen LogP contribution in [0.15, 0.2) is 42.9 Å². The first-order valence-electron chi connectivity index (χ1n) is 4.38. The van der Waals surface area contributed by atoms with Gasteiger partial charge in [0.25, 0.3) is 0 Å². The molecule has 4 nitrogen and oxygen atoms in total. The SMILES string of the molecule is c1ccc2c(c1)cnn2-c1ncc[nH]1. The maximum absolute atomic E-state index is 4.26. The van der Waals surface area contributed by atoms with Crippen molar-refractivity contribution in [1.29, 1.82) is 0 Å². The lowest BCUT2D eigenvalue weighted by atomic mass is 10.3. The van der Waals surface area contributed by atoms with Crippen molar-refractivity contribution in [2.45, 2.75) is 0 Å². The van der Waals surface area contributed by atoms with Crippen LogP contribution in [0, 0.1) is 0 Å². The van der Waals surface area contributed by atoms with Gasteiger partial charge >= 0.3 is 0 Å². The molecule has 0 aliphatic heterocycles. The fourth-order valence-corrected chi connectivity index (χ4v) is 1.51. The van der Waals surface area contributed by atoms with Crippen molar-refractivity contribution in [2.75, 3.05) is 0 Å². The quantitative estimate of drug-likeness (QED) is 0.626. The summed E-state index contributed by atoms with van der Waals surface area (Å²) in [6.07, 6.45) is 5.33. The molecule has 0 spiro atoms. The second-order valence-electron chi connectivity index (χ2n) is 3.03. The first-order chi connectivity index (χ1) is 6.95. The molecule has 0 aliphatic carbocycles. The van der Waals surface area contributed by atoms with Crippen LogP contribution < -0.4 is 0 Å². The summed E-state index contributed by atoms with van der Waals surface area (Å²) in [6, 6.07) is 8.03. The van der Waals surface area contributed by atoms with Gasteiger partial charge in [0.15, 0.2) is 0 Å². The van der Waals surface area contributed by atoms with Gasteiger partial charge in [-0.2, -0.15) is 9.78 Å². The van der Waals surface area contributed by atoms with E-state index < -0.39 is 0 Å². The van der Waals surface area contributed by atoms with Crippen molar-refractivity contribution in [3.63, 3.8) is 0 Å². The molecule has 0 radical (unpaired) electrons. The fraction of sp³-hybridized carbons (Fsp3) is 0. The lowest BCUT2D eigenvalue weighted by molar-refractivity contribution is 0.852. The molecular formula is C10H8N4. The summed E-state index contributed by atoms with van der Waals surface area (Å²) in [7, 11) is 0. The van der Waals surface area contributed by atoms with Gasteiger partial charge in [0.05, 0.1) is 11.7 Å². The van der Waals surface area contributed by atoms with Gasteiger partial charge in [-0.15, -0.1) is 0 Å². The molecule has 0 aliphatic rings. The van der Waals surface area contributed by atoms with Crippen molar-refractivity contribution < 1.29 is 0 Å². The number of aromatic nitrogens is 4. The molecule has 2 heterocycles. The Balaban J connectivity index is 2.33. The van der Waals surface area contributed by atoms with E-state index in [0.29, 0.717) is 0 Å². The standard InChI is InChI=1S/C10H8N4/c1-2-4-9-8(3-1)7-13-14(9)10-11-5-6-12-10/h1-7H,(H,11,12). The van der Waals surface area contributed by atoms with Crippen LogP contribution in [0.4, 0.5) is 0 Å². The number of nitrogens with one attached hydrogen (secondary N) is 1. The van der Waals surface area contributed by atoms with Gasteiger partial charge in [0.2, 0.25) is 5.95 Å². The number of para-hydroxylation sites is 1. The predicted octanol–water partition coefficient (Wildman–Crippen LogP) is 1.75. The Kier molecular flexibility index (Phi) is 1.41. The zero-order valence-electron chi connectivity index (χ0n) is 7.38. The normalized spacial score (nSPS) is 10.9. The van der Waals surface area contributed by atoms with Crippen LogP contribution in [0.1, 0.15) is 0 Å². The summed E-state index contributed by atoms with van der Waals surface area (Å²) >= 11 is 0. The number of aromatic amines is 1. The molecule has 0 saturated heterocycles. The average molecular weight is 184 g/mol. The molecular weight excluding hydrogens is 176 g/mol. The average Bonchev–Trinajstić information content (AvgIpc) is 2.85. The number of rotatable bonds is 1. The van der Waals surface area contributed by atoms with E-state index in [2.05, 4.69) is 15.1 Å². The summed E-state index contributed by atoms with van der Waals surface area (Å²) in [6.45, 7) is 0. The van der Waals surface area contributed by atoms with Crippen molar-refractivity contribution in [3.8, 4) is 5.95 Å². The summed E-state index contributed by atoms with van der Waals surface area (Å²) < 4.78 is 1.79. The Morgan fingerprint density at radius 2 is 2.14 bits per heavy atom. The fourth-order valence-electron chi connectivity index (χ4n) is 1.51. The summed E-state index contributed by atoms with van der Waals surface area (Å²) in [5, 5.41) is 5.38. The molecule has 68 valence electrons. The van der Waals surface area contributed by atoms with Gasteiger partial charge in [0.1, 0.15) is 0 Å². The van der Waals surface area contributed by atoms with E-state index in [1.807, 2.05) is 30.5 Å². The molecule has 1 N–H and O–H groups in total. The topological polar surface area (TPSA) is 46.5 Å². The predicted molar refractivity (Wildman–Crippen MR) is 53.2 cm³/mol. The lowest BCUT2D eigenvalue weighted by Crippen LogP contribution is -1.97. The minimum absolute atomic E-state index is 0.742. The van der Waals surface area contributed by atoms with Gasteiger partial charge in [-0.05, 0) is 6.07 Å². The van der Waals surface area contributed by atoms with Gasteiger partial charge in [-0.1, -0.05) is 18.2 Å². The number of nitrogens with zero attached hydrogens (tertiary/aromatic N) is 3. The smallest absolute Gasteiger partial charge is 0.228 e. The van der Waals surface area contributed by atoms with Crippen molar-refractivity contribution in [2.24, 2.45) is 0 Å². The molecule has 4 heteroatoms. The van der Waals surface area contributed by atoms with Crippen LogP contribution >= 0.6 is 0 Å². The van der Waals surface area contributed by atoms with E-state index in [9.17, 15) is 0 Å². The minimum Gasteiger partial charge on any atom is -0.329 e. The number of imidazole rings is 1. The van der Waals surface area contributed by atoms with Crippen molar-refractivity contribution in [3.05, 3.63) is 42.9 Å². The zero-order chi connectivity index (χ0) is 9.38. The number of benzene rings is 1. The third-order valence-corrected chi connectivity index (χ3v) is 2.16. The third-order valence-electron chi connectivity index (χ3n) is 2.16. The molecule has 0 unspecified atom stereocenters. The number of hydrogen-bond donors (Lipinski definition) is 1. The highest BCUT2D eigenvalue weighted by Gasteiger charge is 2.04. The molecule has 0 saturated carbocycles. The van der Waals surface area contributed by atoms with E-state index >= 15 is 0 Å². The molecule has 3 rings (SSSR count). The first-order valence-corrected chi connectivity index (χ1v) is 4.38. The Morgan fingerprint density at radius 3 is 3.00 bits per heavy atom. The van der Waals surface area contributed by atoms with E-state index in [1.54, 1.807) is 17.1 Å². The first kappa shape index (κ1) is 7.32. The molecule has 2 aromatic heterocycles. The van der Waals surface area contributed by atoms with E-state index in [-0.39, 0.29) is 0 Å².